The Balaban J connectivity index is 2.69. The summed E-state index contributed by atoms with van der Waals surface area (Å²) in [7, 11) is 1.44. The second-order valence-electron chi connectivity index (χ2n) is 3.74. The first-order valence-electron chi connectivity index (χ1n) is 5.53. The summed E-state index contributed by atoms with van der Waals surface area (Å²) in [4.78, 5) is 0. The SMILES string of the molecule is COc1ccc(CCN)cc1OCCC(F)(F)F. The summed E-state index contributed by atoms with van der Waals surface area (Å²) in [5.74, 6) is 0.727. The van der Waals surface area contributed by atoms with Crippen LogP contribution in [0.15, 0.2) is 18.2 Å². The van der Waals surface area contributed by atoms with Gasteiger partial charge in [0.05, 0.1) is 20.1 Å². The molecule has 0 aliphatic rings. The average Bonchev–Trinajstić information content (AvgIpc) is 2.28. The molecule has 0 saturated heterocycles. The van der Waals surface area contributed by atoms with Gasteiger partial charge < -0.3 is 15.2 Å². The molecule has 0 heterocycles. The third-order valence-electron chi connectivity index (χ3n) is 2.30. The van der Waals surface area contributed by atoms with E-state index in [-0.39, 0.29) is 0 Å². The quantitative estimate of drug-likeness (QED) is 0.857. The van der Waals surface area contributed by atoms with Crippen LogP contribution in [0, 0.1) is 0 Å². The Morgan fingerprint density at radius 1 is 1.22 bits per heavy atom. The van der Waals surface area contributed by atoms with E-state index in [1.807, 2.05) is 6.07 Å². The van der Waals surface area contributed by atoms with Crippen LogP contribution in [-0.2, 0) is 6.42 Å². The van der Waals surface area contributed by atoms with Gasteiger partial charge in [0.2, 0.25) is 0 Å². The van der Waals surface area contributed by atoms with Crippen molar-refractivity contribution in [3.63, 3.8) is 0 Å². The number of ether oxygens (including phenoxy) is 2. The zero-order valence-corrected chi connectivity index (χ0v) is 10.1. The fraction of sp³-hybridized carbons (Fsp3) is 0.500. The third kappa shape index (κ3) is 4.83. The number of rotatable bonds is 6. The topological polar surface area (TPSA) is 44.5 Å². The molecule has 1 rings (SSSR count). The minimum Gasteiger partial charge on any atom is -0.493 e. The highest BCUT2D eigenvalue weighted by atomic mass is 19.4. The lowest BCUT2D eigenvalue weighted by molar-refractivity contribution is -0.139. The summed E-state index contributed by atoms with van der Waals surface area (Å²) < 4.78 is 46.2. The first kappa shape index (κ1) is 14.6. The van der Waals surface area contributed by atoms with Crippen LogP contribution in [0.5, 0.6) is 11.5 Å². The maximum absolute atomic E-state index is 12.0. The molecule has 0 radical (unpaired) electrons. The smallest absolute Gasteiger partial charge is 0.392 e. The van der Waals surface area contributed by atoms with Crippen LogP contribution in [0.25, 0.3) is 0 Å². The monoisotopic (exact) mass is 263 g/mol. The van der Waals surface area contributed by atoms with Crippen LogP contribution in [0.4, 0.5) is 13.2 Å². The second kappa shape index (κ2) is 6.49. The van der Waals surface area contributed by atoms with Gasteiger partial charge in [-0.3, -0.25) is 0 Å². The Bertz CT molecular complexity index is 380. The van der Waals surface area contributed by atoms with E-state index >= 15 is 0 Å². The molecule has 0 spiro atoms. The number of halogens is 3. The lowest BCUT2D eigenvalue weighted by Gasteiger charge is -2.13. The second-order valence-corrected chi connectivity index (χ2v) is 3.74. The van der Waals surface area contributed by atoms with Crippen LogP contribution in [0.2, 0.25) is 0 Å². The first-order chi connectivity index (χ1) is 8.46. The maximum atomic E-state index is 12.0. The summed E-state index contributed by atoms with van der Waals surface area (Å²) in [6.07, 6.45) is -4.57. The van der Waals surface area contributed by atoms with E-state index in [0.717, 1.165) is 5.56 Å². The van der Waals surface area contributed by atoms with E-state index in [4.69, 9.17) is 15.2 Å². The Kier molecular flexibility index (Phi) is 5.27. The van der Waals surface area contributed by atoms with Crippen molar-refractivity contribution in [1.82, 2.24) is 0 Å². The van der Waals surface area contributed by atoms with Gasteiger partial charge in [0.25, 0.3) is 0 Å². The van der Waals surface area contributed by atoms with E-state index in [0.29, 0.717) is 24.5 Å². The highest BCUT2D eigenvalue weighted by molar-refractivity contribution is 5.43. The van der Waals surface area contributed by atoms with Gasteiger partial charge in [0.1, 0.15) is 0 Å². The van der Waals surface area contributed by atoms with Gasteiger partial charge in [-0.2, -0.15) is 13.2 Å². The van der Waals surface area contributed by atoms with E-state index in [1.165, 1.54) is 7.11 Å². The molecule has 0 aliphatic heterocycles. The Morgan fingerprint density at radius 3 is 2.50 bits per heavy atom. The van der Waals surface area contributed by atoms with Gasteiger partial charge >= 0.3 is 6.18 Å². The van der Waals surface area contributed by atoms with Gasteiger partial charge in [-0.05, 0) is 30.7 Å². The van der Waals surface area contributed by atoms with Crippen molar-refractivity contribution >= 4 is 0 Å². The average molecular weight is 263 g/mol. The molecular formula is C12H16F3NO2. The molecule has 0 bridgehead atoms. The molecule has 18 heavy (non-hydrogen) atoms. The van der Waals surface area contributed by atoms with E-state index in [9.17, 15) is 13.2 Å². The number of alkyl halides is 3. The van der Waals surface area contributed by atoms with Crippen LogP contribution < -0.4 is 15.2 Å². The lowest BCUT2D eigenvalue weighted by atomic mass is 10.1. The third-order valence-corrected chi connectivity index (χ3v) is 2.30. The van der Waals surface area contributed by atoms with E-state index in [1.54, 1.807) is 12.1 Å². The number of methoxy groups -OCH3 is 1. The number of hydrogen-bond donors (Lipinski definition) is 1. The molecule has 0 atom stereocenters. The first-order valence-corrected chi connectivity index (χ1v) is 5.53. The molecule has 1 aromatic carbocycles. The number of nitrogens with two attached hydrogens (primary N) is 1. The van der Waals surface area contributed by atoms with Gasteiger partial charge in [0.15, 0.2) is 11.5 Å². The fourth-order valence-corrected chi connectivity index (χ4v) is 1.43. The molecule has 1 aromatic rings. The lowest BCUT2D eigenvalue weighted by Crippen LogP contribution is -2.13. The number of benzene rings is 1. The van der Waals surface area contributed by atoms with Crippen molar-refractivity contribution in [3.05, 3.63) is 23.8 Å². The molecule has 0 unspecified atom stereocenters. The molecule has 0 aliphatic carbocycles. The van der Waals surface area contributed by atoms with Crippen LogP contribution >= 0.6 is 0 Å². The van der Waals surface area contributed by atoms with Crippen molar-refractivity contribution in [2.75, 3.05) is 20.3 Å². The van der Waals surface area contributed by atoms with Crippen molar-refractivity contribution < 1.29 is 22.6 Å². The van der Waals surface area contributed by atoms with Gasteiger partial charge in [-0.1, -0.05) is 6.07 Å². The minimum absolute atomic E-state index is 0.313. The van der Waals surface area contributed by atoms with Crippen LogP contribution in [0.3, 0.4) is 0 Å². The van der Waals surface area contributed by atoms with E-state index < -0.39 is 19.2 Å². The molecular weight excluding hydrogens is 247 g/mol. The van der Waals surface area contributed by atoms with Crippen molar-refractivity contribution in [2.45, 2.75) is 19.0 Å². The minimum atomic E-state index is -4.22. The molecule has 0 amide bonds. The number of hydrogen-bond acceptors (Lipinski definition) is 3. The van der Waals surface area contributed by atoms with Crippen LogP contribution in [0.1, 0.15) is 12.0 Å². The largest absolute Gasteiger partial charge is 0.493 e. The molecule has 0 aromatic heterocycles. The summed E-state index contributed by atoms with van der Waals surface area (Å²) in [6.45, 7) is 0.0419. The summed E-state index contributed by atoms with van der Waals surface area (Å²) in [6, 6.07) is 5.12. The van der Waals surface area contributed by atoms with Gasteiger partial charge in [0, 0.05) is 0 Å². The Morgan fingerprint density at radius 2 is 1.94 bits per heavy atom. The van der Waals surface area contributed by atoms with Crippen molar-refractivity contribution in [3.8, 4) is 11.5 Å². The molecule has 3 nitrogen and oxygen atoms in total. The fourth-order valence-electron chi connectivity index (χ4n) is 1.43. The maximum Gasteiger partial charge on any atom is 0.392 e. The van der Waals surface area contributed by atoms with E-state index in [2.05, 4.69) is 0 Å². The van der Waals surface area contributed by atoms with Gasteiger partial charge in [-0.15, -0.1) is 0 Å². The highest BCUT2D eigenvalue weighted by Gasteiger charge is 2.27. The van der Waals surface area contributed by atoms with Gasteiger partial charge in [-0.25, -0.2) is 0 Å². The summed E-state index contributed by atoms with van der Waals surface area (Å²) in [5, 5.41) is 0. The predicted octanol–water partition coefficient (Wildman–Crippen LogP) is 2.53. The van der Waals surface area contributed by atoms with Crippen molar-refractivity contribution in [1.29, 1.82) is 0 Å². The normalized spacial score (nSPS) is 11.4. The zero-order valence-electron chi connectivity index (χ0n) is 10.1. The molecule has 2 N–H and O–H groups in total. The summed E-state index contributed by atoms with van der Waals surface area (Å²) >= 11 is 0. The highest BCUT2D eigenvalue weighted by Crippen LogP contribution is 2.29. The van der Waals surface area contributed by atoms with Crippen LogP contribution in [-0.4, -0.2) is 26.4 Å². The molecule has 0 saturated carbocycles. The standard InChI is InChI=1S/C12H16F3NO2/c1-17-10-3-2-9(4-6-16)8-11(10)18-7-5-12(13,14)15/h2-3,8H,4-7,16H2,1H3. The summed E-state index contributed by atoms with van der Waals surface area (Å²) in [5.41, 5.74) is 6.32. The molecule has 0 fully saturated rings. The predicted molar refractivity (Wildman–Crippen MR) is 61.9 cm³/mol. The Labute approximate surface area is 104 Å². The zero-order chi connectivity index (χ0) is 13.6. The Hall–Kier alpha value is -1.43. The molecule has 102 valence electrons. The van der Waals surface area contributed by atoms with Crippen molar-refractivity contribution in [2.24, 2.45) is 5.73 Å². The molecule has 6 heteroatoms.